The molecule has 0 saturated heterocycles. The van der Waals surface area contributed by atoms with Crippen molar-refractivity contribution >= 4 is 0 Å². The van der Waals surface area contributed by atoms with Crippen molar-refractivity contribution in [3.63, 3.8) is 0 Å². The van der Waals surface area contributed by atoms with Gasteiger partial charge in [0.05, 0.1) is 0 Å². The Bertz CT molecular complexity index is 707. The first-order valence-electron chi connectivity index (χ1n) is 16.7. The van der Waals surface area contributed by atoms with E-state index in [1.54, 1.807) is 11.1 Å². The molecule has 3 aliphatic carbocycles. The van der Waals surface area contributed by atoms with Gasteiger partial charge < -0.3 is 0 Å². The quantitative estimate of drug-likeness (QED) is 0.269. The molecule has 0 aliphatic heterocycles. The van der Waals surface area contributed by atoms with Crippen LogP contribution in [0.1, 0.15) is 166 Å². The molecule has 0 spiro atoms. The molecule has 1 aromatic rings. The molecule has 2 unspecified atom stereocenters. The van der Waals surface area contributed by atoms with Crippen LogP contribution in [0.25, 0.3) is 0 Å². The Labute approximate surface area is 225 Å². The number of rotatable bonds is 11. The van der Waals surface area contributed by atoms with Crippen LogP contribution in [0.5, 0.6) is 0 Å². The van der Waals surface area contributed by atoms with E-state index in [2.05, 4.69) is 52.0 Å². The highest BCUT2D eigenvalue weighted by Crippen LogP contribution is 2.45. The summed E-state index contributed by atoms with van der Waals surface area (Å²) in [5, 5.41) is 0. The second kappa shape index (κ2) is 14.4. The topological polar surface area (TPSA) is 0 Å². The van der Waals surface area contributed by atoms with Gasteiger partial charge in [-0.1, -0.05) is 103 Å². The number of benzene rings is 1. The van der Waals surface area contributed by atoms with Crippen molar-refractivity contribution in [2.45, 2.75) is 155 Å². The Morgan fingerprint density at radius 2 is 1.11 bits per heavy atom. The van der Waals surface area contributed by atoms with Crippen LogP contribution in [0.3, 0.4) is 0 Å². The zero-order chi connectivity index (χ0) is 25.3. The van der Waals surface area contributed by atoms with Crippen molar-refractivity contribution in [2.75, 3.05) is 0 Å². The molecule has 3 saturated carbocycles. The fraction of sp³-hybridized carbons (Fsp3) is 0.833. The summed E-state index contributed by atoms with van der Waals surface area (Å²) >= 11 is 0. The number of unbranched alkanes of at least 4 members (excludes halogenated alkanes) is 2. The van der Waals surface area contributed by atoms with Gasteiger partial charge in [-0.3, -0.25) is 0 Å². The normalized spacial score (nSPS) is 33.2. The molecule has 3 aliphatic rings. The van der Waals surface area contributed by atoms with E-state index in [0.717, 1.165) is 47.3 Å². The van der Waals surface area contributed by atoms with Gasteiger partial charge in [0.15, 0.2) is 0 Å². The summed E-state index contributed by atoms with van der Waals surface area (Å²) in [6.07, 6.45) is 26.4. The van der Waals surface area contributed by atoms with E-state index >= 15 is 0 Å². The van der Waals surface area contributed by atoms with E-state index in [9.17, 15) is 0 Å². The molecule has 4 rings (SSSR count). The first kappa shape index (κ1) is 28.2. The molecule has 0 aromatic heterocycles. The number of hydrogen-bond donors (Lipinski definition) is 0. The van der Waals surface area contributed by atoms with E-state index in [0.29, 0.717) is 0 Å². The lowest BCUT2D eigenvalue weighted by Gasteiger charge is -2.40. The molecule has 0 amide bonds. The largest absolute Gasteiger partial charge is 0.0654 e. The maximum Gasteiger partial charge on any atom is -0.0162 e. The standard InChI is InChI=1S/C36H60/c1-5-7-8-10-30-13-17-35(18-14-30)36-25-23-34(24-26-36)28(4)33-21-19-32(20-22-33)27(3)31-15-11-29(9-6-2)12-16-31/h23-33,35H,5-22H2,1-4H3/t27?,28?,29?,30-,31?,32?,33?,35-. The van der Waals surface area contributed by atoms with E-state index < -0.39 is 0 Å². The fourth-order valence-electron chi connectivity index (χ4n) is 8.78. The molecule has 3 fully saturated rings. The van der Waals surface area contributed by atoms with Gasteiger partial charge in [-0.05, 0) is 123 Å². The first-order chi connectivity index (χ1) is 17.6. The van der Waals surface area contributed by atoms with Crippen molar-refractivity contribution in [3.8, 4) is 0 Å². The van der Waals surface area contributed by atoms with Crippen molar-refractivity contribution in [1.29, 1.82) is 0 Å². The molecular formula is C36H60. The van der Waals surface area contributed by atoms with Gasteiger partial charge in [0, 0.05) is 0 Å². The smallest absolute Gasteiger partial charge is 0.0162 e. The Morgan fingerprint density at radius 1 is 0.583 bits per heavy atom. The molecule has 0 heterocycles. The van der Waals surface area contributed by atoms with Gasteiger partial charge in [-0.15, -0.1) is 0 Å². The summed E-state index contributed by atoms with van der Waals surface area (Å²) in [6, 6.07) is 10.0. The lowest BCUT2D eigenvalue weighted by atomic mass is 9.65. The van der Waals surface area contributed by atoms with Crippen LogP contribution in [0.15, 0.2) is 24.3 Å². The van der Waals surface area contributed by atoms with Crippen LogP contribution in [0.2, 0.25) is 0 Å². The lowest BCUT2D eigenvalue weighted by molar-refractivity contribution is 0.118. The van der Waals surface area contributed by atoms with Gasteiger partial charge in [0.25, 0.3) is 0 Å². The Morgan fingerprint density at radius 3 is 1.69 bits per heavy atom. The average molecular weight is 493 g/mol. The maximum absolute atomic E-state index is 2.62. The fourth-order valence-corrected chi connectivity index (χ4v) is 8.78. The van der Waals surface area contributed by atoms with Crippen LogP contribution in [-0.4, -0.2) is 0 Å². The highest BCUT2D eigenvalue weighted by molar-refractivity contribution is 5.28. The highest BCUT2D eigenvalue weighted by Gasteiger charge is 2.33. The van der Waals surface area contributed by atoms with Gasteiger partial charge in [-0.25, -0.2) is 0 Å². The Kier molecular flexibility index (Phi) is 11.3. The van der Waals surface area contributed by atoms with Gasteiger partial charge in [0.2, 0.25) is 0 Å². The van der Waals surface area contributed by atoms with Crippen molar-refractivity contribution < 1.29 is 0 Å². The third-order valence-electron chi connectivity index (χ3n) is 11.6. The Hall–Kier alpha value is -0.780. The van der Waals surface area contributed by atoms with Crippen LogP contribution < -0.4 is 0 Å². The summed E-state index contributed by atoms with van der Waals surface area (Å²) < 4.78 is 0. The molecule has 0 nitrogen and oxygen atoms in total. The third kappa shape index (κ3) is 7.63. The summed E-state index contributed by atoms with van der Waals surface area (Å²) in [5.41, 5.74) is 3.24. The van der Waals surface area contributed by atoms with Crippen LogP contribution >= 0.6 is 0 Å². The minimum absolute atomic E-state index is 0.731. The molecule has 204 valence electrons. The van der Waals surface area contributed by atoms with Crippen LogP contribution in [0.4, 0.5) is 0 Å². The molecule has 0 heteroatoms. The van der Waals surface area contributed by atoms with Crippen molar-refractivity contribution in [2.24, 2.45) is 35.5 Å². The van der Waals surface area contributed by atoms with Gasteiger partial charge in [-0.2, -0.15) is 0 Å². The molecular weight excluding hydrogens is 432 g/mol. The van der Waals surface area contributed by atoms with Gasteiger partial charge in [0.1, 0.15) is 0 Å². The summed E-state index contributed by atoms with van der Waals surface area (Å²) in [4.78, 5) is 0. The van der Waals surface area contributed by atoms with Crippen LogP contribution in [0, 0.1) is 35.5 Å². The minimum Gasteiger partial charge on any atom is -0.0654 e. The molecule has 2 atom stereocenters. The van der Waals surface area contributed by atoms with E-state index in [1.807, 2.05) is 0 Å². The minimum atomic E-state index is 0.731. The Balaban J connectivity index is 1.20. The molecule has 0 radical (unpaired) electrons. The number of hydrogen-bond acceptors (Lipinski definition) is 0. The molecule has 0 bridgehead atoms. The molecule has 36 heavy (non-hydrogen) atoms. The SMILES string of the molecule is CCCCC[C@H]1CC[C@H](c2ccc(C(C)C3CCC(C(C)C4CCC(CCC)CC4)CC3)cc2)CC1. The maximum atomic E-state index is 2.62. The second-order valence-corrected chi connectivity index (χ2v) is 13.8. The monoisotopic (exact) mass is 492 g/mol. The zero-order valence-electron chi connectivity index (χ0n) is 24.7. The zero-order valence-corrected chi connectivity index (χ0v) is 24.7. The first-order valence-corrected chi connectivity index (χ1v) is 16.7. The molecule has 0 N–H and O–H groups in total. The predicted molar refractivity (Wildman–Crippen MR) is 159 cm³/mol. The van der Waals surface area contributed by atoms with Crippen molar-refractivity contribution in [3.05, 3.63) is 35.4 Å². The van der Waals surface area contributed by atoms with Crippen LogP contribution in [-0.2, 0) is 0 Å². The third-order valence-corrected chi connectivity index (χ3v) is 11.6. The van der Waals surface area contributed by atoms with Crippen molar-refractivity contribution in [1.82, 2.24) is 0 Å². The predicted octanol–water partition coefficient (Wildman–Crippen LogP) is 11.7. The lowest BCUT2D eigenvalue weighted by Crippen LogP contribution is -2.29. The second-order valence-electron chi connectivity index (χ2n) is 13.8. The average Bonchev–Trinajstić information content (AvgIpc) is 2.94. The van der Waals surface area contributed by atoms with E-state index in [4.69, 9.17) is 0 Å². The highest BCUT2D eigenvalue weighted by atomic mass is 14.4. The van der Waals surface area contributed by atoms with Gasteiger partial charge >= 0.3 is 0 Å². The summed E-state index contributed by atoms with van der Waals surface area (Å²) in [5.74, 6) is 7.51. The summed E-state index contributed by atoms with van der Waals surface area (Å²) in [6.45, 7) is 9.84. The summed E-state index contributed by atoms with van der Waals surface area (Å²) in [7, 11) is 0. The molecule has 1 aromatic carbocycles. The van der Waals surface area contributed by atoms with E-state index in [-0.39, 0.29) is 0 Å². The van der Waals surface area contributed by atoms with E-state index in [1.165, 1.54) is 116 Å².